The van der Waals surface area contributed by atoms with Gasteiger partial charge in [-0.3, -0.25) is 4.98 Å². The molecule has 1 aromatic rings. The average Bonchev–Trinajstić information content (AvgIpc) is 2.19. The standard InChI is InChI=1S/C12H18N2/c1-9(2)10(3)14-11(4)12-5-7-13-8-6-12/h5-10,14H,4H2,1-3H3/t10-/m1/s1. The fourth-order valence-corrected chi connectivity index (χ4v) is 1.08. The quantitative estimate of drug-likeness (QED) is 0.789. The molecule has 2 nitrogen and oxygen atoms in total. The molecule has 0 aliphatic rings. The molecule has 1 atom stereocenters. The molecule has 0 aliphatic carbocycles. The zero-order valence-electron chi connectivity index (χ0n) is 9.12. The van der Waals surface area contributed by atoms with Crippen LogP contribution in [0.1, 0.15) is 26.3 Å². The van der Waals surface area contributed by atoms with Crippen LogP contribution in [0.2, 0.25) is 0 Å². The highest BCUT2D eigenvalue weighted by Crippen LogP contribution is 2.10. The molecule has 0 amide bonds. The predicted octanol–water partition coefficient (Wildman–Crippen LogP) is 2.69. The number of hydrogen-bond donors (Lipinski definition) is 1. The Labute approximate surface area is 86.1 Å². The normalized spacial score (nSPS) is 12.6. The van der Waals surface area contributed by atoms with Gasteiger partial charge in [0.05, 0.1) is 0 Å². The van der Waals surface area contributed by atoms with Gasteiger partial charge in [0, 0.05) is 29.7 Å². The molecule has 1 aromatic heterocycles. The van der Waals surface area contributed by atoms with E-state index in [0.29, 0.717) is 12.0 Å². The van der Waals surface area contributed by atoms with E-state index >= 15 is 0 Å². The van der Waals surface area contributed by atoms with Crippen LogP contribution >= 0.6 is 0 Å². The second-order valence-electron chi connectivity index (χ2n) is 3.89. The molecule has 0 unspecified atom stereocenters. The lowest BCUT2D eigenvalue weighted by Gasteiger charge is -2.20. The number of nitrogens with one attached hydrogen (secondary N) is 1. The van der Waals surface area contributed by atoms with Crippen molar-refractivity contribution < 1.29 is 0 Å². The van der Waals surface area contributed by atoms with Crippen LogP contribution in [0.4, 0.5) is 0 Å². The van der Waals surface area contributed by atoms with Crippen molar-refractivity contribution in [1.29, 1.82) is 0 Å². The number of hydrogen-bond acceptors (Lipinski definition) is 2. The summed E-state index contributed by atoms with van der Waals surface area (Å²) in [6, 6.07) is 4.36. The fraction of sp³-hybridized carbons (Fsp3) is 0.417. The molecule has 1 N–H and O–H groups in total. The molecule has 0 bridgehead atoms. The minimum Gasteiger partial charge on any atom is -0.382 e. The van der Waals surface area contributed by atoms with E-state index in [2.05, 4.69) is 37.7 Å². The van der Waals surface area contributed by atoms with Crippen LogP contribution in [-0.2, 0) is 0 Å². The van der Waals surface area contributed by atoms with E-state index in [4.69, 9.17) is 0 Å². The first-order valence-corrected chi connectivity index (χ1v) is 4.97. The molecule has 0 saturated heterocycles. The van der Waals surface area contributed by atoms with Crippen LogP contribution in [0.25, 0.3) is 5.70 Å². The van der Waals surface area contributed by atoms with Gasteiger partial charge < -0.3 is 5.32 Å². The van der Waals surface area contributed by atoms with E-state index in [1.54, 1.807) is 12.4 Å². The van der Waals surface area contributed by atoms with Crippen molar-refractivity contribution in [1.82, 2.24) is 10.3 Å². The molecule has 0 fully saturated rings. The van der Waals surface area contributed by atoms with E-state index in [-0.39, 0.29) is 0 Å². The Morgan fingerprint density at radius 1 is 1.29 bits per heavy atom. The third kappa shape index (κ3) is 2.87. The number of nitrogens with zero attached hydrogens (tertiary/aromatic N) is 1. The smallest absolute Gasteiger partial charge is 0.0344 e. The van der Waals surface area contributed by atoms with Crippen molar-refractivity contribution in [2.75, 3.05) is 0 Å². The summed E-state index contributed by atoms with van der Waals surface area (Å²) in [5.74, 6) is 0.605. The van der Waals surface area contributed by atoms with Crippen LogP contribution in [0, 0.1) is 5.92 Å². The Kier molecular flexibility index (Phi) is 3.69. The van der Waals surface area contributed by atoms with Crippen LogP contribution in [0.15, 0.2) is 31.1 Å². The predicted molar refractivity (Wildman–Crippen MR) is 60.7 cm³/mol. The van der Waals surface area contributed by atoms with Gasteiger partial charge in [0.1, 0.15) is 0 Å². The van der Waals surface area contributed by atoms with Crippen LogP contribution in [-0.4, -0.2) is 11.0 Å². The summed E-state index contributed by atoms with van der Waals surface area (Å²) in [5, 5.41) is 3.37. The van der Waals surface area contributed by atoms with Crippen molar-refractivity contribution >= 4 is 5.70 Å². The SMILES string of the molecule is C=C(N[C@H](C)C(C)C)c1ccncc1. The molecule has 0 aromatic carbocycles. The van der Waals surface area contributed by atoms with Crippen LogP contribution in [0.3, 0.4) is 0 Å². The maximum atomic E-state index is 4.01. The minimum absolute atomic E-state index is 0.440. The van der Waals surface area contributed by atoms with Gasteiger partial charge in [0.25, 0.3) is 0 Å². The van der Waals surface area contributed by atoms with Gasteiger partial charge in [-0.05, 0) is 25.0 Å². The average molecular weight is 190 g/mol. The third-order valence-corrected chi connectivity index (χ3v) is 2.43. The summed E-state index contributed by atoms with van der Waals surface area (Å²) in [7, 11) is 0. The van der Waals surface area contributed by atoms with Crippen molar-refractivity contribution in [3.05, 3.63) is 36.7 Å². The Morgan fingerprint density at radius 3 is 2.36 bits per heavy atom. The molecule has 76 valence electrons. The van der Waals surface area contributed by atoms with Gasteiger partial charge in [0.15, 0.2) is 0 Å². The van der Waals surface area contributed by atoms with Gasteiger partial charge in [-0.25, -0.2) is 0 Å². The number of rotatable bonds is 4. The zero-order valence-corrected chi connectivity index (χ0v) is 9.12. The Bertz CT molecular complexity index is 290. The van der Waals surface area contributed by atoms with Crippen molar-refractivity contribution in [3.63, 3.8) is 0 Å². The number of aromatic nitrogens is 1. The highest BCUT2D eigenvalue weighted by atomic mass is 14.9. The lowest BCUT2D eigenvalue weighted by atomic mass is 10.1. The highest BCUT2D eigenvalue weighted by molar-refractivity contribution is 5.61. The highest BCUT2D eigenvalue weighted by Gasteiger charge is 2.07. The van der Waals surface area contributed by atoms with E-state index in [9.17, 15) is 0 Å². The zero-order chi connectivity index (χ0) is 10.6. The first-order chi connectivity index (χ1) is 6.61. The van der Waals surface area contributed by atoms with Crippen molar-refractivity contribution in [3.8, 4) is 0 Å². The first-order valence-electron chi connectivity index (χ1n) is 4.97. The van der Waals surface area contributed by atoms with Gasteiger partial charge in [-0.1, -0.05) is 20.4 Å². The molecule has 1 heterocycles. The van der Waals surface area contributed by atoms with Crippen LogP contribution < -0.4 is 5.32 Å². The van der Waals surface area contributed by atoms with E-state index < -0.39 is 0 Å². The molecular formula is C12H18N2. The molecule has 1 rings (SSSR count). The summed E-state index contributed by atoms with van der Waals surface area (Å²) in [6.45, 7) is 10.6. The van der Waals surface area contributed by atoms with Crippen molar-refractivity contribution in [2.24, 2.45) is 5.92 Å². The van der Waals surface area contributed by atoms with Gasteiger partial charge in [-0.15, -0.1) is 0 Å². The monoisotopic (exact) mass is 190 g/mol. The topological polar surface area (TPSA) is 24.9 Å². The fourth-order valence-electron chi connectivity index (χ4n) is 1.08. The molecular weight excluding hydrogens is 172 g/mol. The van der Waals surface area contributed by atoms with E-state index in [0.717, 1.165) is 11.3 Å². The molecule has 0 spiro atoms. The summed E-state index contributed by atoms with van der Waals surface area (Å²) in [4.78, 5) is 3.97. The lowest BCUT2D eigenvalue weighted by molar-refractivity contribution is 0.481. The molecule has 14 heavy (non-hydrogen) atoms. The maximum Gasteiger partial charge on any atom is 0.0344 e. The van der Waals surface area contributed by atoms with Gasteiger partial charge in [-0.2, -0.15) is 0 Å². The first kappa shape index (κ1) is 10.8. The number of pyridine rings is 1. The van der Waals surface area contributed by atoms with E-state index in [1.165, 1.54) is 0 Å². The largest absolute Gasteiger partial charge is 0.382 e. The summed E-state index contributed by atoms with van der Waals surface area (Å²) < 4.78 is 0. The van der Waals surface area contributed by atoms with Gasteiger partial charge in [0.2, 0.25) is 0 Å². The van der Waals surface area contributed by atoms with E-state index in [1.807, 2.05) is 12.1 Å². The molecule has 0 radical (unpaired) electrons. The Balaban J connectivity index is 2.60. The Morgan fingerprint density at radius 2 is 1.86 bits per heavy atom. The molecule has 2 heteroatoms. The Hall–Kier alpha value is -1.31. The maximum absolute atomic E-state index is 4.01. The summed E-state index contributed by atoms with van der Waals surface area (Å²) in [6.07, 6.45) is 3.56. The third-order valence-electron chi connectivity index (χ3n) is 2.43. The minimum atomic E-state index is 0.440. The molecule has 0 saturated carbocycles. The second-order valence-corrected chi connectivity index (χ2v) is 3.89. The second kappa shape index (κ2) is 4.80. The summed E-state index contributed by atoms with van der Waals surface area (Å²) in [5.41, 5.74) is 2.07. The molecule has 0 aliphatic heterocycles. The lowest BCUT2D eigenvalue weighted by Crippen LogP contribution is -2.28. The van der Waals surface area contributed by atoms with Crippen molar-refractivity contribution in [2.45, 2.75) is 26.8 Å². The van der Waals surface area contributed by atoms with Gasteiger partial charge >= 0.3 is 0 Å². The summed E-state index contributed by atoms with van der Waals surface area (Å²) >= 11 is 0. The van der Waals surface area contributed by atoms with Crippen LogP contribution in [0.5, 0.6) is 0 Å².